The Morgan fingerprint density at radius 3 is 2.87 bits per heavy atom. The number of hydrogen-bond donors (Lipinski definition) is 1. The van der Waals surface area contributed by atoms with E-state index in [1.807, 2.05) is 12.1 Å². The second-order valence-electron chi connectivity index (χ2n) is 3.25. The molecule has 1 aromatic rings. The highest BCUT2D eigenvalue weighted by Crippen LogP contribution is 2.09. The van der Waals surface area contributed by atoms with Crippen molar-refractivity contribution >= 4 is 5.69 Å². The SMILES string of the molecule is CCC(COC)Nc1ccc(C#N)nc1. The number of pyridine rings is 1. The summed E-state index contributed by atoms with van der Waals surface area (Å²) in [5.74, 6) is 0. The van der Waals surface area contributed by atoms with Crippen LogP contribution >= 0.6 is 0 Å². The number of ether oxygens (including phenoxy) is 1. The fourth-order valence-electron chi connectivity index (χ4n) is 1.24. The molecule has 0 aliphatic rings. The normalized spacial score (nSPS) is 11.8. The first-order valence-corrected chi connectivity index (χ1v) is 4.91. The number of nitrogens with zero attached hydrogens (tertiary/aromatic N) is 2. The van der Waals surface area contributed by atoms with Crippen molar-refractivity contribution in [2.45, 2.75) is 19.4 Å². The van der Waals surface area contributed by atoms with E-state index < -0.39 is 0 Å². The van der Waals surface area contributed by atoms with Crippen LogP contribution in [-0.4, -0.2) is 24.7 Å². The summed E-state index contributed by atoms with van der Waals surface area (Å²) in [6, 6.07) is 5.81. The predicted octanol–water partition coefficient (Wildman–Crippen LogP) is 1.79. The van der Waals surface area contributed by atoms with Crippen molar-refractivity contribution in [2.24, 2.45) is 0 Å². The van der Waals surface area contributed by atoms with E-state index in [0.717, 1.165) is 12.1 Å². The van der Waals surface area contributed by atoms with Gasteiger partial charge in [0.1, 0.15) is 11.8 Å². The molecule has 0 aliphatic heterocycles. The van der Waals surface area contributed by atoms with Gasteiger partial charge in [0.25, 0.3) is 0 Å². The van der Waals surface area contributed by atoms with Crippen LogP contribution < -0.4 is 5.32 Å². The highest BCUT2D eigenvalue weighted by atomic mass is 16.5. The van der Waals surface area contributed by atoms with E-state index in [-0.39, 0.29) is 6.04 Å². The second-order valence-corrected chi connectivity index (χ2v) is 3.25. The van der Waals surface area contributed by atoms with Gasteiger partial charge >= 0.3 is 0 Å². The van der Waals surface area contributed by atoms with Gasteiger partial charge in [-0.1, -0.05) is 6.92 Å². The van der Waals surface area contributed by atoms with E-state index in [9.17, 15) is 0 Å². The zero-order valence-electron chi connectivity index (χ0n) is 9.03. The van der Waals surface area contributed by atoms with Gasteiger partial charge in [0.2, 0.25) is 0 Å². The van der Waals surface area contributed by atoms with Crippen LogP contribution in [0.5, 0.6) is 0 Å². The van der Waals surface area contributed by atoms with Crippen molar-refractivity contribution in [1.29, 1.82) is 5.26 Å². The molecule has 1 aromatic heterocycles. The van der Waals surface area contributed by atoms with E-state index in [0.29, 0.717) is 12.3 Å². The monoisotopic (exact) mass is 205 g/mol. The maximum atomic E-state index is 8.59. The van der Waals surface area contributed by atoms with E-state index in [1.165, 1.54) is 0 Å². The molecule has 1 unspecified atom stereocenters. The first-order chi connectivity index (χ1) is 7.30. The minimum Gasteiger partial charge on any atom is -0.383 e. The molecule has 0 aromatic carbocycles. The summed E-state index contributed by atoms with van der Waals surface area (Å²) in [5, 5.41) is 11.9. The standard InChI is InChI=1S/C11H15N3O/c1-3-9(8-15-2)14-11-5-4-10(6-12)13-7-11/h4-5,7,9,14H,3,8H2,1-2H3. The fourth-order valence-corrected chi connectivity index (χ4v) is 1.24. The van der Waals surface area contributed by atoms with Gasteiger partial charge in [-0.15, -0.1) is 0 Å². The molecule has 4 heteroatoms. The Bertz CT molecular complexity index is 329. The van der Waals surface area contributed by atoms with Gasteiger partial charge in [-0.2, -0.15) is 5.26 Å². The first kappa shape index (κ1) is 11.5. The lowest BCUT2D eigenvalue weighted by molar-refractivity contribution is 0.184. The lowest BCUT2D eigenvalue weighted by atomic mass is 10.2. The zero-order valence-corrected chi connectivity index (χ0v) is 9.03. The number of rotatable bonds is 5. The summed E-state index contributed by atoms with van der Waals surface area (Å²) in [6.07, 6.45) is 2.64. The minimum atomic E-state index is 0.282. The first-order valence-electron chi connectivity index (χ1n) is 4.91. The Hall–Kier alpha value is -1.60. The molecular weight excluding hydrogens is 190 g/mol. The van der Waals surface area contributed by atoms with Crippen molar-refractivity contribution in [3.63, 3.8) is 0 Å². The molecule has 1 rings (SSSR count). The molecule has 0 aliphatic carbocycles. The Morgan fingerprint density at radius 2 is 2.40 bits per heavy atom. The maximum Gasteiger partial charge on any atom is 0.140 e. The summed E-state index contributed by atoms with van der Waals surface area (Å²) < 4.78 is 5.08. The minimum absolute atomic E-state index is 0.282. The molecule has 4 nitrogen and oxygen atoms in total. The smallest absolute Gasteiger partial charge is 0.140 e. The molecule has 1 N–H and O–H groups in total. The number of hydrogen-bond acceptors (Lipinski definition) is 4. The number of aromatic nitrogens is 1. The van der Waals surface area contributed by atoms with Crippen LogP contribution in [-0.2, 0) is 4.74 Å². The van der Waals surface area contributed by atoms with Gasteiger partial charge in [-0.3, -0.25) is 0 Å². The van der Waals surface area contributed by atoms with E-state index >= 15 is 0 Å². The van der Waals surface area contributed by atoms with Crippen LogP contribution in [0.4, 0.5) is 5.69 Å². The van der Waals surface area contributed by atoms with Crippen LogP contribution in [0.1, 0.15) is 19.0 Å². The van der Waals surface area contributed by atoms with Crippen LogP contribution in [0.3, 0.4) is 0 Å². The van der Waals surface area contributed by atoms with Crippen molar-refractivity contribution in [1.82, 2.24) is 4.98 Å². The summed E-state index contributed by atoms with van der Waals surface area (Å²) in [5.41, 5.74) is 1.35. The van der Waals surface area contributed by atoms with Crippen molar-refractivity contribution in [3.05, 3.63) is 24.0 Å². The Labute approximate surface area is 89.9 Å². The van der Waals surface area contributed by atoms with Crippen LogP contribution in [0, 0.1) is 11.3 Å². The Kier molecular flexibility index (Phi) is 4.58. The third-order valence-corrected chi connectivity index (χ3v) is 2.11. The number of anilines is 1. The summed E-state index contributed by atoms with van der Waals surface area (Å²) in [4.78, 5) is 3.98. The fraction of sp³-hybridized carbons (Fsp3) is 0.455. The highest BCUT2D eigenvalue weighted by molar-refractivity contribution is 5.43. The molecule has 80 valence electrons. The van der Waals surface area contributed by atoms with E-state index in [2.05, 4.69) is 17.2 Å². The highest BCUT2D eigenvalue weighted by Gasteiger charge is 2.05. The number of nitrogens with one attached hydrogen (secondary N) is 1. The molecule has 1 atom stereocenters. The molecule has 0 saturated carbocycles. The molecule has 0 radical (unpaired) electrons. The second kappa shape index (κ2) is 5.99. The Morgan fingerprint density at radius 1 is 1.60 bits per heavy atom. The molecule has 0 amide bonds. The third kappa shape index (κ3) is 3.56. The summed E-state index contributed by atoms with van der Waals surface area (Å²) >= 11 is 0. The molecule has 1 heterocycles. The lowest BCUT2D eigenvalue weighted by Crippen LogP contribution is -2.23. The van der Waals surface area contributed by atoms with Gasteiger partial charge in [0, 0.05) is 13.2 Å². The third-order valence-electron chi connectivity index (χ3n) is 2.11. The Balaban J connectivity index is 2.59. The topological polar surface area (TPSA) is 57.9 Å². The predicted molar refractivity (Wildman–Crippen MR) is 58.5 cm³/mol. The van der Waals surface area contributed by atoms with Crippen molar-refractivity contribution < 1.29 is 4.74 Å². The molecule has 0 saturated heterocycles. The summed E-state index contributed by atoms with van der Waals surface area (Å²) in [7, 11) is 1.68. The number of methoxy groups -OCH3 is 1. The zero-order chi connectivity index (χ0) is 11.1. The quantitative estimate of drug-likeness (QED) is 0.796. The van der Waals surface area contributed by atoms with Crippen LogP contribution in [0.15, 0.2) is 18.3 Å². The van der Waals surface area contributed by atoms with Gasteiger partial charge in [0.15, 0.2) is 0 Å². The van der Waals surface area contributed by atoms with Gasteiger partial charge < -0.3 is 10.1 Å². The van der Waals surface area contributed by atoms with Crippen molar-refractivity contribution in [3.8, 4) is 6.07 Å². The van der Waals surface area contributed by atoms with Gasteiger partial charge in [-0.05, 0) is 18.6 Å². The molecule has 15 heavy (non-hydrogen) atoms. The van der Waals surface area contributed by atoms with E-state index in [1.54, 1.807) is 19.4 Å². The van der Waals surface area contributed by atoms with Crippen LogP contribution in [0.2, 0.25) is 0 Å². The molecular formula is C11H15N3O. The largest absolute Gasteiger partial charge is 0.383 e. The number of nitriles is 1. The van der Waals surface area contributed by atoms with Crippen molar-refractivity contribution in [2.75, 3.05) is 19.0 Å². The van der Waals surface area contributed by atoms with Gasteiger partial charge in [0.05, 0.1) is 18.5 Å². The molecule has 0 spiro atoms. The summed E-state index contributed by atoms with van der Waals surface area (Å²) in [6.45, 7) is 2.75. The molecule has 0 fully saturated rings. The lowest BCUT2D eigenvalue weighted by Gasteiger charge is -2.16. The average molecular weight is 205 g/mol. The maximum absolute atomic E-state index is 8.59. The van der Waals surface area contributed by atoms with Crippen LogP contribution in [0.25, 0.3) is 0 Å². The molecule has 0 bridgehead atoms. The average Bonchev–Trinajstić information content (AvgIpc) is 2.29. The van der Waals surface area contributed by atoms with Gasteiger partial charge in [-0.25, -0.2) is 4.98 Å². The van der Waals surface area contributed by atoms with E-state index in [4.69, 9.17) is 10.00 Å².